The number of ether oxygens (including phenoxy) is 1. The number of esters is 1. The van der Waals surface area contributed by atoms with Crippen LogP contribution in [0.5, 0.6) is 0 Å². The lowest BCUT2D eigenvalue weighted by atomic mass is 10.2. The second kappa shape index (κ2) is 5.29. The van der Waals surface area contributed by atoms with Gasteiger partial charge >= 0.3 is 5.97 Å². The molecule has 88 valence electrons. The molecule has 0 aliphatic heterocycles. The summed E-state index contributed by atoms with van der Waals surface area (Å²) >= 11 is 2.80. The van der Waals surface area contributed by atoms with E-state index in [1.54, 1.807) is 6.92 Å². The van der Waals surface area contributed by atoms with Crippen molar-refractivity contribution in [1.82, 2.24) is 4.98 Å². The third-order valence-electron chi connectivity index (χ3n) is 1.69. The predicted octanol–water partition coefficient (Wildman–Crippen LogP) is 3.10. The zero-order chi connectivity index (χ0) is 12.3. The van der Waals surface area contributed by atoms with E-state index >= 15 is 0 Å². The number of hydrogen-bond acceptors (Lipinski definition) is 3. The molecule has 0 radical (unpaired) electrons. The van der Waals surface area contributed by atoms with E-state index in [2.05, 4.69) is 25.7 Å². The lowest BCUT2D eigenvalue weighted by Crippen LogP contribution is -2.09. The van der Waals surface area contributed by atoms with Crippen LogP contribution in [0, 0.1) is 5.95 Å². The molecule has 0 aliphatic rings. The van der Waals surface area contributed by atoms with E-state index < -0.39 is 23.9 Å². The first-order valence-electron chi connectivity index (χ1n) is 4.28. The lowest BCUT2D eigenvalue weighted by Gasteiger charge is -2.07. The first-order valence-corrected chi connectivity index (χ1v) is 5.07. The Balaban J connectivity index is 3.19. The van der Waals surface area contributed by atoms with Crippen molar-refractivity contribution >= 4 is 21.9 Å². The maximum Gasteiger partial charge on any atom is 0.340 e. The van der Waals surface area contributed by atoms with Crippen LogP contribution in [0.4, 0.5) is 13.2 Å². The first-order chi connectivity index (χ1) is 7.47. The maximum absolute atomic E-state index is 13.0. The Bertz CT molecular complexity index is 412. The molecule has 0 saturated carbocycles. The molecule has 0 fully saturated rings. The third-order valence-corrected chi connectivity index (χ3v) is 2.29. The zero-order valence-corrected chi connectivity index (χ0v) is 9.72. The van der Waals surface area contributed by atoms with Gasteiger partial charge in [0.2, 0.25) is 5.95 Å². The molecule has 0 N–H and O–H groups in total. The molecule has 0 bridgehead atoms. The molecule has 0 atom stereocenters. The van der Waals surface area contributed by atoms with Gasteiger partial charge in [-0.05, 0) is 28.9 Å². The molecule has 16 heavy (non-hydrogen) atoms. The van der Waals surface area contributed by atoms with Crippen LogP contribution in [0.15, 0.2) is 10.7 Å². The van der Waals surface area contributed by atoms with Crippen molar-refractivity contribution in [3.8, 4) is 0 Å². The van der Waals surface area contributed by atoms with Crippen molar-refractivity contribution < 1.29 is 22.7 Å². The summed E-state index contributed by atoms with van der Waals surface area (Å²) in [6, 6.07) is 0.731. The van der Waals surface area contributed by atoms with Crippen molar-refractivity contribution in [2.75, 3.05) is 6.61 Å². The highest BCUT2D eigenvalue weighted by atomic mass is 79.9. The van der Waals surface area contributed by atoms with Crippen molar-refractivity contribution in [2.24, 2.45) is 0 Å². The van der Waals surface area contributed by atoms with Crippen molar-refractivity contribution in [3.05, 3.63) is 27.7 Å². The molecule has 1 aromatic heterocycles. The van der Waals surface area contributed by atoms with Crippen LogP contribution in [0.2, 0.25) is 0 Å². The normalized spacial score (nSPS) is 10.6. The number of aromatic nitrogens is 1. The Morgan fingerprint density at radius 2 is 2.25 bits per heavy atom. The number of rotatable bonds is 3. The van der Waals surface area contributed by atoms with Crippen LogP contribution in [0.3, 0.4) is 0 Å². The van der Waals surface area contributed by atoms with Crippen molar-refractivity contribution in [3.63, 3.8) is 0 Å². The average molecular weight is 298 g/mol. The standard InChI is InChI=1S/C9H7BrF3NO2/c1-2-16-9(15)4-3-5(7(11)12)8(13)14-6(4)10/h3,7H,2H2,1H3. The molecule has 1 aromatic rings. The predicted molar refractivity (Wildman–Crippen MR) is 52.8 cm³/mol. The summed E-state index contributed by atoms with van der Waals surface area (Å²) in [6.07, 6.45) is -3.03. The molecule has 1 rings (SSSR count). The smallest absolute Gasteiger partial charge is 0.340 e. The average Bonchev–Trinajstić information content (AvgIpc) is 2.17. The van der Waals surface area contributed by atoms with E-state index in [4.69, 9.17) is 0 Å². The molecule has 0 aliphatic carbocycles. The van der Waals surface area contributed by atoms with Gasteiger partial charge < -0.3 is 4.74 Å². The van der Waals surface area contributed by atoms with Gasteiger partial charge in [-0.3, -0.25) is 0 Å². The van der Waals surface area contributed by atoms with Crippen LogP contribution in [0.25, 0.3) is 0 Å². The zero-order valence-electron chi connectivity index (χ0n) is 8.14. The first kappa shape index (κ1) is 13.0. The Hall–Kier alpha value is -1.11. The second-order valence-electron chi connectivity index (χ2n) is 2.73. The monoisotopic (exact) mass is 297 g/mol. The highest BCUT2D eigenvalue weighted by Gasteiger charge is 2.21. The van der Waals surface area contributed by atoms with Gasteiger partial charge in [0.15, 0.2) is 0 Å². The van der Waals surface area contributed by atoms with Crippen molar-refractivity contribution in [1.29, 1.82) is 0 Å². The molecule has 0 saturated heterocycles. The van der Waals surface area contributed by atoms with Crippen molar-refractivity contribution in [2.45, 2.75) is 13.3 Å². The Morgan fingerprint density at radius 1 is 1.62 bits per heavy atom. The Morgan fingerprint density at radius 3 is 2.75 bits per heavy atom. The fourth-order valence-corrected chi connectivity index (χ4v) is 1.42. The van der Waals surface area contributed by atoms with Gasteiger partial charge in [0, 0.05) is 0 Å². The third kappa shape index (κ3) is 2.72. The molecular formula is C9H7BrF3NO2. The van der Waals surface area contributed by atoms with Crippen LogP contribution in [-0.4, -0.2) is 17.6 Å². The fraction of sp³-hybridized carbons (Fsp3) is 0.333. The highest BCUT2D eigenvalue weighted by Crippen LogP contribution is 2.26. The van der Waals surface area contributed by atoms with Crippen LogP contribution in [0.1, 0.15) is 29.3 Å². The topological polar surface area (TPSA) is 39.2 Å². The second-order valence-corrected chi connectivity index (χ2v) is 3.48. The Labute approximate surface area is 97.8 Å². The maximum atomic E-state index is 13.0. The van der Waals surface area contributed by atoms with Crippen LogP contribution < -0.4 is 0 Å². The van der Waals surface area contributed by atoms with E-state index in [9.17, 15) is 18.0 Å². The minimum absolute atomic E-state index is 0.0899. The van der Waals surface area contributed by atoms with Crippen LogP contribution >= 0.6 is 15.9 Å². The summed E-state index contributed by atoms with van der Waals surface area (Å²) in [6.45, 7) is 1.66. The quantitative estimate of drug-likeness (QED) is 0.636. The number of nitrogens with zero attached hydrogens (tertiary/aromatic N) is 1. The molecular weight excluding hydrogens is 291 g/mol. The SMILES string of the molecule is CCOC(=O)c1cc(C(F)F)c(F)nc1Br. The number of carbonyl (C=O) groups excluding carboxylic acids is 1. The van der Waals surface area contributed by atoms with Gasteiger partial charge in [0.25, 0.3) is 6.43 Å². The minimum atomic E-state index is -3.03. The van der Waals surface area contributed by atoms with E-state index in [1.165, 1.54) is 0 Å². The summed E-state index contributed by atoms with van der Waals surface area (Å²) in [5.41, 5.74) is -1.15. The Kier molecular flexibility index (Phi) is 4.28. The molecule has 3 nitrogen and oxygen atoms in total. The molecule has 0 aromatic carbocycles. The number of carbonyl (C=O) groups is 1. The van der Waals surface area contributed by atoms with E-state index in [-0.39, 0.29) is 16.8 Å². The number of pyridine rings is 1. The number of halogens is 4. The van der Waals surface area contributed by atoms with E-state index in [1.807, 2.05) is 0 Å². The molecule has 0 unspecified atom stereocenters. The molecule has 0 amide bonds. The summed E-state index contributed by atoms with van der Waals surface area (Å²) in [5, 5.41) is 0. The lowest BCUT2D eigenvalue weighted by molar-refractivity contribution is 0.0524. The van der Waals surface area contributed by atoms with Gasteiger partial charge in [0.05, 0.1) is 17.7 Å². The van der Waals surface area contributed by atoms with Gasteiger partial charge in [-0.2, -0.15) is 4.39 Å². The molecule has 7 heteroatoms. The van der Waals surface area contributed by atoms with E-state index in [0.717, 1.165) is 6.07 Å². The van der Waals surface area contributed by atoms with Gasteiger partial charge in [-0.25, -0.2) is 18.6 Å². The van der Waals surface area contributed by atoms with Gasteiger partial charge in [-0.1, -0.05) is 0 Å². The summed E-state index contributed by atoms with van der Waals surface area (Å²) in [7, 11) is 0. The molecule has 1 heterocycles. The number of alkyl halides is 2. The molecule has 0 spiro atoms. The largest absolute Gasteiger partial charge is 0.462 e. The number of hydrogen-bond donors (Lipinski definition) is 0. The summed E-state index contributed by atoms with van der Waals surface area (Å²) in [5.74, 6) is -2.14. The van der Waals surface area contributed by atoms with Gasteiger partial charge in [0.1, 0.15) is 4.60 Å². The highest BCUT2D eigenvalue weighted by molar-refractivity contribution is 9.10. The summed E-state index contributed by atoms with van der Waals surface area (Å²) < 4.78 is 42.1. The minimum Gasteiger partial charge on any atom is -0.462 e. The van der Waals surface area contributed by atoms with Crippen LogP contribution in [-0.2, 0) is 4.74 Å². The van der Waals surface area contributed by atoms with Gasteiger partial charge in [-0.15, -0.1) is 0 Å². The summed E-state index contributed by atoms with van der Waals surface area (Å²) in [4.78, 5) is 14.5. The fourth-order valence-electron chi connectivity index (χ4n) is 0.991. The van der Waals surface area contributed by atoms with E-state index in [0.29, 0.717) is 0 Å².